The van der Waals surface area contributed by atoms with Crippen LogP contribution >= 0.6 is 11.3 Å². The van der Waals surface area contributed by atoms with E-state index in [0.717, 1.165) is 43.9 Å². The summed E-state index contributed by atoms with van der Waals surface area (Å²) in [6.45, 7) is 0. The Kier molecular flexibility index (Phi) is 6.68. The molecule has 61 heavy (non-hydrogen) atoms. The standard InChI is InChI=1S/C56H32N4S/c1-2-12-33(13-3-1)34-22-24-36(25-23-34)52-55-53(42-18-8-11-21-48(42)61-55)58-56(57-52)37-26-29-38(30-27-37)59-46-31-28-35-14-4-5-15-39(35)49(46)51-47(59)32-43-40-16-6-9-19-44(40)60-45-20-10-7-17-41(45)50(51)54(43)60/h1-32H. The lowest BCUT2D eigenvalue weighted by Gasteiger charge is -2.11. The second kappa shape index (κ2) is 12.3. The summed E-state index contributed by atoms with van der Waals surface area (Å²) in [6, 6.07) is 70.4. The number of rotatable bonds is 4. The Balaban J connectivity index is 1.00. The first-order valence-electron chi connectivity index (χ1n) is 20.7. The minimum Gasteiger partial charge on any atom is -0.309 e. The molecule has 0 N–H and O–H groups in total. The molecule has 5 heterocycles. The van der Waals surface area contributed by atoms with Crippen LogP contribution < -0.4 is 0 Å². The molecule has 14 aromatic rings. The molecule has 0 bridgehead atoms. The molecule has 0 atom stereocenters. The molecule has 9 aromatic carbocycles. The Morgan fingerprint density at radius 1 is 0.393 bits per heavy atom. The van der Waals surface area contributed by atoms with E-state index >= 15 is 0 Å². The van der Waals surface area contributed by atoms with Gasteiger partial charge in [-0.15, -0.1) is 11.3 Å². The van der Waals surface area contributed by atoms with E-state index in [1.54, 1.807) is 11.3 Å². The number of hydrogen-bond acceptors (Lipinski definition) is 3. The smallest absolute Gasteiger partial charge is 0.160 e. The minimum atomic E-state index is 0.720. The Labute approximate surface area is 353 Å². The highest BCUT2D eigenvalue weighted by Gasteiger charge is 2.25. The van der Waals surface area contributed by atoms with Gasteiger partial charge in [-0.05, 0) is 76.5 Å². The number of fused-ring (bicyclic) bond motifs is 15. The molecule has 0 amide bonds. The first-order chi connectivity index (χ1) is 30.3. The molecule has 0 aliphatic rings. The maximum Gasteiger partial charge on any atom is 0.160 e. The second-order valence-corrected chi connectivity index (χ2v) is 17.1. The van der Waals surface area contributed by atoms with Gasteiger partial charge in [-0.25, -0.2) is 9.97 Å². The van der Waals surface area contributed by atoms with Crippen molar-refractivity contribution < 1.29 is 0 Å². The van der Waals surface area contributed by atoms with Gasteiger partial charge >= 0.3 is 0 Å². The third-order valence-electron chi connectivity index (χ3n) is 12.9. The third kappa shape index (κ3) is 4.58. The van der Waals surface area contributed by atoms with Crippen molar-refractivity contribution in [3.63, 3.8) is 0 Å². The van der Waals surface area contributed by atoms with E-state index in [-0.39, 0.29) is 0 Å². The average molecular weight is 793 g/mol. The third-order valence-corrected chi connectivity index (χ3v) is 14.0. The molecule has 0 saturated carbocycles. The topological polar surface area (TPSA) is 35.1 Å². The van der Waals surface area contributed by atoms with Crippen molar-refractivity contribution in [3.05, 3.63) is 194 Å². The maximum atomic E-state index is 5.36. The van der Waals surface area contributed by atoms with Gasteiger partial charge in [0, 0.05) is 59.2 Å². The maximum absolute atomic E-state index is 5.36. The molecule has 0 unspecified atom stereocenters. The molecule has 0 spiro atoms. The number of para-hydroxylation sites is 2. The van der Waals surface area contributed by atoms with Crippen LogP contribution in [0, 0.1) is 0 Å². The number of nitrogens with zero attached hydrogens (tertiary/aromatic N) is 4. The van der Waals surface area contributed by atoms with Gasteiger partial charge in [-0.2, -0.15) is 0 Å². The first-order valence-corrected chi connectivity index (χ1v) is 21.6. The molecule has 0 radical (unpaired) electrons. The summed E-state index contributed by atoms with van der Waals surface area (Å²) < 4.78 is 7.27. The fourth-order valence-electron chi connectivity index (χ4n) is 10.2. The quantitative estimate of drug-likeness (QED) is 0.178. The molecule has 0 fully saturated rings. The van der Waals surface area contributed by atoms with Crippen LogP contribution in [0.1, 0.15) is 0 Å². The SMILES string of the molecule is c1ccc(-c2ccc(-c3nc(-c4ccc(-n5c6ccc7ccccc7c6c6c7c8ccccc8n8c9ccccc9c(cc65)c78)cc4)nc4c3sc3ccccc34)cc2)cc1. The molecule has 5 heteroatoms. The summed E-state index contributed by atoms with van der Waals surface area (Å²) in [6.07, 6.45) is 0. The summed E-state index contributed by atoms with van der Waals surface area (Å²) in [5.41, 5.74) is 13.6. The van der Waals surface area contributed by atoms with Gasteiger partial charge in [0.15, 0.2) is 5.82 Å². The zero-order valence-electron chi connectivity index (χ0n) is 32.7. The summed E-state index contributed by atoms with van der Waals surface area (Å²) in [4.78, 5) is 10.7. The van der Waals surface area contributed by atoms with Crippen molar-refractivity contribution in [1.82, 2.24) is 18.9 Å². The highest BCUT2D eigenvalue weighted by molar-refractivity contribution is 7.26. The second-order valence-electron chi connectivity index (χ2n) is 16.1. The molecular weight excluding hydrogens is 761 g/mol. The normalized spacial score (nSPS) is 12.3. The molecule has 14 rings (SSSR count). The summed E-state index contributed by atoms with van der Waals surface area (Å²) in [5.74, 6) is 0.720. The van der Waals surface area contributed by atoms with E-state index in [4.69, 9.17) is 9.97 Å². The average Bonchev–Trinajstić information content (AvgIpc) is 4.07. The van der Waals surface area contributed by atoms with Crippen molar-refractivity contribution in [2.24, 2.45) is 0 Å². The van der Waals surface area contributed by atoms with Gasteiger partial charge < -0.3 is 8.97 Å². The molecule has 0 aliphatic heterocycles. The van der Waals surface area contributed by atoms with Crippen LogP contribution in [0.2, 0.25) is 0 Å². The fraction of sp³-hybridized carbons (Fsp3) is 0. The molecule has 5 aromatic heterocycles. The van der Waals surface area contributed by atoms with Gasteiger partial charge in [-0.1, -0.05) is 140 Å². The van der Waals surface area contributed by atoms with Crippen molar-refractivity contribution in [2.75, 3.05) is 0 Å². The molecular formula is C56H32N4S. The van der Waals surface area contributed by atoms with Gasteiger partial charge in [0.05, 0.1) is 43.5 Å². The zero-order chi connectivity index (χ0) is 39.8. The Morgan fingerprint density at radius 2 is 1.03 bits per heavy atom. The Bertz CT molecular complexity index is 4080. The van der Waals surface area contributed by atoms with Crippen LogP contribution in [0.15, 0.2) is 194 Å². The van der Waals surface area contributed by atoms with Crippen molar-refractivity contribution in [1.29, 1.82) is 0 Å². The molecule has 0 saturated heterocycles. The lowest BCUT2D eigenvalue weighted by Crippen LogP contribution is -1.96. The van der Waals surface area contributed by atoms with Gasteiger partial charge in [0.25, 0.3) is 0 Å². The van der Waals surface area contributed by atoms with Crippen molar-refractivity contribution >= 4 is 102 Å². The summed E-state index contributed by atoms with van der Waals surface area (Å²) in [7, 11) is 0. The van der Waals surface area contributed by atoms with E-state index in [0.29, 0.717) is 0 Å². The lowest BCUT2D eigenvalue weighted by atomic mass is 9.99. The predicted molar refractivity (Wildman–Crippen MR) is 258 cm³/mol. The van der Waals surface area contributed by atoms with Crippen LogP contribution in [0.3, 0.4) is 0 Å². The number of hydrogen-bond donors (Lipinski definition) is 0. The lowest BCUT2D eigenvalue weighted by molar-refractivity contribution is 1.18. The molecule has 0 aliphatic carbocycles. The highest BCUT2D eigenvalue weighted by Crippen LogP contribution is 2.48. The van der Waals surface area contributed by atoms with E-state index < -0.39 is 0 Å². The van der Waals surface area contributed by atoms with Gasteiger partial charge in [-0.3, -0.25) is 0 Å². The monoisotopic (exact) mass is 792 g/mol. The summed E-state index contributed by atoms with van der Waals surface area (Å²) >= 11 is 1.77. The molecule has 4 nitrogen and oxygen atoms in total. The Hall–Kier alpha value is -7.86. The van der Waals surface area contributed by atoms with Crippen LogP contribution in [-0.4, -0.2) is 18.9 Å². The van der Waals surface area contributed by atoms with Crippen LogP contribution in [-0.2, 0) is 0 Å². The number of thiophene rings is 1. The number of benzene rings is 9. The zero-order valence-corrected chi connectivity index (χ0v) is 33.5. The highest BCUT2D eigenvalue weighted by atomic mass is 32.1. The van der Waals surface area contributed by atoms with E-state index in [2.05, 4.69) is 203 Å². The van der Waals surface area contributed by atoms with Gasteiger partial charge in [0.1, 0.15) is 0 Å². The van der Waals surface area contributed by atoms with Crippen LogP contribution in [0.5, 0.6) is 0 Å². The Morgan fingerprint density at radius 3 is 1.85 bits per heavy atom. The van der Waals surface area contributed by atoms with Gasteiger partial charge in [0.2, 0.25) is 0 Å². The minimum absolute atomic E-state index is 0.720. The van der Waals surface area contributed by atoms with Crippen LogP contribution in [0.4, 0.5) is 0 Å². The molecule has 282 valence electrons. The van der Waals surface area contributed by atoms with E-state index in [1.807, 2.05) is 0 Å². The first kappa shape index (κ1) is 33.0. The van der Waals surface area contributed by atoms with Crippen molar-refractivity contribution in [2.45, 2.75) is 0 Å². The van der Waals surface area contributed by atoms with E-state index in [1.165, 1.54) is 86.5 Å². The fourth-order valence-corrected chi connectivity index (χ4v) is 11.3. The predicted octanol–water partition coefficient (Wildman–Crippen LogP) is 15.2. The van der Waals surface area contributed by atoms with E-state index in [9.17, 15) is 0 Å². The van der Waals surface area contributed by atoms with Crippen LogP contribution in [0.25, 0.3) is 130 Å². The summed E-state index contributed by atoms with van der Waals surface area (Å²) in [5, 5.41) is 11.4. The largest absolute Gasteiger partial charge is 0.309 e. The number of aromatic nitrogens is 4. The van der Waals surface area contributed by atoms with Crippen molar-refractivity contribution in [3.8, 4) is 39.5 Å².